The fourth-order valence-electron chi connectivity index (χ4n) is 5.55. The van der Waals surface area contributed by atoms with Gasteiger partial charge >= 0.3 is 0 Å². The molecule has 3 rings (SSSR count). The number of thioether (sulfide) groups is 1. The molecule has 0 saturated carbocycles. The zero-order valence-electron chi connectivity index (χ0n) is 34.6. The molecule has 1 aliphatic heterocycles. The Kier molecular flexibility index (Phi) is 21.9. The minimum atomic E-state index is -5.92. The molecule has 2 aromatic rings. The maximum absolute atomic E-state index is 12.6. The lowest BCUT2D eigenvalue weighted by Crippen LogP contribution is -2.46. The van der Waals surface area contributed by atoms with Crippen molar-refractivity contribution < 1.29 is 80.5 Å². The third kappa shape index (κ3) is 19.0. The predicted molar refractivity (Wildman–Crippen MR) is 219 cm³/mol. The number of anilines is 1. The highest BCUT2D eigenvalue weighted by molar-refractivity contribution is 8.14. The van der Waals surface area contributed by atoms with Crippen LogP contribution in [-0.2, 0) is 50.7 Å². The van der Waals surface area contributed by atoms with E-state index < -0.39 is 84.6 Å². The number of amides is 2. The number of phosphoric acid groups is 3. The standard InChI is InChI=1S/C35H56N7O17P3S/c1-4-5-6-7-8-9-10-11-12-13-14-15-26(44)63-19-18-37-25(43)16-17-38-33(47)30(46)35(2,3)21-56-62(53,54)59-61(51,52)55-20-24-29(58-60(48,49)50)28(45)34(57-24)42-23-41-27-31(36)39-22-40-32(27)42/h8-9,11-12,14-15,22-24,28-30,34,45-46H,4-7,10,13,16-21H2,1-3H3,(H,37,43)(H,38,47)(H,51,52)(H,53,54)(H2,36,39,40)(H2,48,49,50)/p-4/b9-8-,12-11-,15-14+/t24-,28-,29-,30+,34-/m1/s1. The van der Waals surface area contributed by atoms with E-state index in [1.165, 1.54) is 39.2 Å². The summed E-state index contributed by atoms with van der Waals surface area (Å²) in [5.74, 6) is -1.26. The van der Waals surface area contributed by atoms with Gasteiger partial charge in [-0.25, -0.2) is 19.3 Å². The van der Waals surface area contributed by atoms with Crippen LogP contribution < -0.4 is 35.9 Å². The third-order valence-electron chi connectivity index (χ3n) is 8.83. The molecule has 63 heavy (non-hydrogen) atoms. The monoisotopic (exact) mass is 967 g/mol. The summed E-state index contributed by atoms with van der Waals surface area (Å²) in [5.41, 5.74) is 4.07. The first-order valence-electron chi connectivity index (χ1n) is 19.5. The van der Waals surface area contributed by atoms with Crippen LogP contribution in [0.25, 0.3) is 11.2 Å². The Morgan fingerprint density at radius 3 is 2.38 bits per heavy atom. The second-order valence-electron chi connectivity index (χ2n) is 14.5. The van der Waals surface area contributed by atoms with E-state index in [-0.39, 0.29) is 41.6 Å². The van der Waals surface area contributed by atoms with Crippen molar-refractivity contribution in [3.8, 4) is 0 Å². The number of carbonyl (C=O) groups excluding carboxylic acids is 3. The van der Waals surface area contributed by atoms with Crippen LogP contribution in [-0.4, -0.2) is 103 Å². The number of hydrogen-bond acceptors (Lipinski definition) is 22. The summed E-state index contributed by atoms with van der Waals surface area (Å²) in [5, 5.41) is 26.1. The number of carbonyl (C=O) groups is 3. The number of aromatic nitrogens is 4. The van der Waals surface area contributed by atoms with Crippen LogP contribution in [0.2, 0.25) is 0 Å². The molecule has 0 spiro atoms. The number of rotatable bonds is 28. The first kappa shape index (κ1) is 54.1. The molecule has 6 N–H and O–H groups in total. The van der Waals surface area contributed by atoms with Crippen LogP contribution in [0.5, 0.6) is 0 Å². The highest BCUT2D eigenvalue weighted by Crippen LogP contribution is 2.56. The molecule has 354 valence electrons. The number of nitrogens with one attached hydrogen (secondary N) is 2. The van der Waals surface area contributed by atoms with Crippen molar-refractivity contribution in [1.82, 2.24) is 30.2 Å². The van der Waals surface area contributed by atoms with Gasteiger partial charge in [0.1, 0.15) is 36.3 Å². The van der Waals surface area contributed by atoms with E-state index in [0.29, 0.717) is 12.2 Å². The molecule has 0 radical (unpaired) electrons. The number of unbranched alkanes of at least 4 members (excludes halogenated alkanes) is 3. The largest absolute Gasteiger partial charge is 0.790 e. The van der Waals surface area contributed by atoms with Crippen molar-refractivity contribution in [2.24, 2.45) is 5.41 Å². The van der Waals surface area contributed by atoms with Crippen molar-refractivity contribution in [3.63, 3.8) is 0 Å². The van der Waals surface area contributed by atoms with Gasteiger partial charge in [-0.1, -0.05) is 75.8 Å². The van der Waals surface area contributed by atoms with E-state index in [0.717, 1.165) is 41.8 Å². The molecule has 0 aliphatic carbocycles. The number of allylic oxidation sites excluding steroid dienone is 5. The van der Waals surface area contributed by atoms with Crippen LogP contribution >= 0.6 is 35.2 Å². The smallest absolute Gasteiger partial charge is 0.274 e. The molecule has 0 bridgehead atoms. The zero-order chi connectivity index (χ0) is 46.8. The molecule has 2 unspecified atom stereocenters. The molecule has 7 atom stereocenters. The van der Waals surface area contributed by atoms with Gasteiger partial charge in [-0.3, -0.25) is 28.1 Å². The number of aliphatic hydroxyl groups excluding tert-OH is 2. The Bertz CT molecular complexity index is 2070. The fraction of sp³-hybridized carbons (Fsp3) is 0.600. The Labute approximate surface area is 367 Å². The molecular weight excluding hydrogens is 915 g/mol. The number of fused-ring (bicyclic) bond motifs is 1. The van der Waals surface area contributed by atoms with Crippen molar-refractivity contribution in [2.45, 2.75) is 96.4 Å². The lowest BCUT2D eigenvalue weighted by Gasteiger charge is -2.36. The van der Waals surface area contributed by atoms with Gasteiger partial charge in [0.05, 0.1) is 27.4 Å². The molecule has 1 fully saturated rings. The van der Waals surface area contributed by atoms with Gasteiger partial charge in [-0.2, -0.15) is 0 Å². The number of nitrogen functional groups attached to an aromatic ring is 1. The quantitative estimate of drug-likeness (QED) is 0.0328. The van der Waals surface area contributed by atoms with Gasteiger partial charge in [0.15, 0.2) is 17.7 Å². The first-order chi connectivity index (χ1) is 29.6. The summed E-state index contributed by atoms with van der Waals surface area (Å²) in [6.45, 7) is 2.23. The Morgan fingerprint density at radius 1 is 1.00 bits per heavy atom. The maximum atomic E-state index is 12.6. The number of nitrogens with two attached hydrogens (primary N) is 1. The number of imidazole rings is 1. The van der Waals surface area contributed by atoms with Crippen molar-refractivity contribution in [2.75, 3.05) is 37.8 Å². The normalized spacial score (nSPS) is 21.0. The number of aliphatic hydroxyl groups is 2. The summed E-state index contributed by atoms with van der Waals surface area (Å²) in [6.07, 6.45) is 10.0. The van der Waals surface area contributed by atoms with Gasteiger partial charge < -0.3 is 69.0 Å². The minimum absolute atomic E-state index is 0.0221. The lowest BCUT2D eigenvalue weighted by molar-refractivity contribution is -0.347. The van der Waals surface area contributed by atoms with E-state index in [9.17, 15) is 57.9 Å². The van der Waals surface area contributed by atoms with E-state index in [4.69, 9.17) is 10.5 Å². The Morgan fingerprint density at radius 2 is 1.68 bits per heavy atom. The average Bonchev–Trinajstić information content (AvgIpc) is 3.76. The topological polar surface area (TPSA) is 375 Å². The molecule has 2 aromatic heterocycles. The van der Waals surface area contributed by atoms with Crippen molar-refractivity contribution in [3.05, 3.63) is 49.1 Å². The lowest BCUT2D eigenvalue weighted by atomic mass is 9.87. The summed E-state index contributed by atoms with van der Waals surface area (Å²) in [7, 11) is -17.6. The summed E-state index contributed by atoms with van der Waals surface area (Å²) in [4.78, 5) is 96.4. The van der Waals surface area contributed by atoms with Gasteiger partial charge in [-0.15, -0.1) is 0 Å². The summed E-state index contributed by atoms with van der Waals surface area (Å²) in [6, 6.07) is 0. The van der Waals surface area contributed by atoms with E-state index >= 15 is 0 Å². The summed E-state index contributed by atoms with van der Waals surface area (Å²) >= 11 is 1.02. The highest BCUT2D eigenvalue weighted by Gasteiger charge is 2.47. The predicted octanol–water partition coefficient (Wildman–Crippen LogP) is 0.166. The van der Waals surface area contributed by atoms with E-state index in [1.807, 2.05) is 12.2 Å². The third-order valence-corrected chi connectivity index (χ3v) is 12.7. The molecule has 1 aliphatic rings. The minimum Gasteiger partial charge on any atom is -0.790 e. The zero-order valence-corrected chi connectivity index (χ0v) is 38.1. The molecule has 1 saturated heterocycles. The molecule has 3 heterocycles. The second-order valence-corrected chi connectivity index (χ2v) is 19.6. The van der Waals surface area contributed by atoms with Crippen LogP contribution in [0.15, 0.2) is 49.1 Å². The maximum Gasteiger partial charge on any atom is 0.274 e. The van der Waals surface area contributed by atoms with Gasteiger partial charge in [0, 0.05) is 30.7 Å². The van der Waals surface area contributed by atoms with E-state index in [2.05, 4.69) is 62.5 Å². The number of nitrogens with zero attached hydrogens (tertiary/aromatic N) is 4. The average molecular weight is 968 g/mol. The number of phosphoric ester groups is 3. The van der Waals surface area contributed by atoms with Crippen LogP contribution in [0.3, 0.4) is 0 Å². The van der Waals surface area contributed by atoms with Gasteiger partial charge in [0.25, 0.3) is 15.6 Å². The van der Waals surface area contributed by atoms with Gasteiger partial charge in [-0.05, 0) is 31.8 Å². The highest BCUT2D eigenvalue weighted by atomic mass is 32.2. The Balaban J connectivity index is 1.38. The first-order valence-corrected chi connectivity index (χ1v) is 24.9. The summed E-state index contributed by atoms with van der Waals surface area (Å²) < 4.78 is 60.7. The van der Waals surface area contributed by atoms with Crippen molar-refractivity contribution in [1.29, 1.82) is 0 Å². The second kappa shape index (κ2) is 25.5. The van der Waals surface area contributed by atoms with Crippen LogP contribution in [0.1, 0.15) is 71.9 Å². The molecule has 24 nitrogen and oxygen atoms in total. The number of hydrogen-bond donors (Lipinski definition) is 5. The fourth-order valence-corrected chi connectivity index (χ4v) is 8.88. The van der Waals surface area contributed by atoms with Crippen molar-refractivity contribution >= 4 is 69.1 Å². The van der Waals surface area contributed by atoms with E-state index in [1.54, 1.807) is 6.08 Å². The number of ether oxygens (including phenoxy) is 1. The SMILES string of the molecule is CCCCC/C=C\C/C=C\C/C=C/C(=O)SCCNC(=O)CCNC(=O)[C@H](O)C(C)(C)COP(=O)([O-])OP(=O)([O-])OC[C@H]1O[C@@H](n2cnc3c(N)ncnc32)[C@H](O)[C@@H]1OP(=O)([O-])[O-]. The van der Waals surface area contributed by atoms with Crippen LogP contribution in [0, 0.1) is 5.41 Å². The molecule has 0 aromatic carbocycles. The van der Waals surface area contributed by atoms with Crippen LogP contribution in [0.4, 0.5) is 5.82 Å². The molecule has 28 heteroatoms. The molecule has 2 amide bonds. The molecular formula is C35H52N7O17P3S-4. The Hall–Kier alpha value is -3.22. The van der Waals surface area contributed by atoms with Gasteiger partial charge in [0.2, 0.25) is 16.9 Å².